The number of ether oxygens (including phenoxy) is 1. The number of aromatic amines is 1. The van der Waals surface area contributed by atoms with Crippen molar-refractivity contribution in [3.63, 3.8) is 0 Å². The van der Waals surface area contributed by atoms with Gasteiger partial charge in [-0.25, -0.2) is 4.79 Å². The Morgan fingerprint density at radius 3 is 2.86 bits per heavy atom. The van der Waals surface area contributed by atoms with Crippen LogP contribution in [-0.2, 0) is 16.0 Å². The highest BCUT2D eigenvalue weighted by atomic mass is 16.6. The third kappa shape index (κ3) is 4.75. The van der Waals surface area contributed by atoms with E-state index in [2.05, 4.69) is 38.0 Å². The zero-order chi connectivity index (χ0) is 20.4. The molecule has 2 fully saturated rings. The van der Waals surface area contributed by atoms with Crippen LogP contribution >= 0.6 is 0 Å². The molecule has 0 saturated heterocycles. The van der Waals surface area contributed by atoms with Crippen LogP contribution in [0.3, 0.4) is 0 Å². The summed E-state index contributed by atoms with van der Waals surface area (Å²) in [5, 5.41) is 20.3. The molecule has 156 valence electrons. The smallest absolute Gasteiger partial charge is 0.407 e. The van der Waals surface area contributed by atoms with E-state index in [0.717, 1.165) is 44.2 Å². The van der Waals surface area contributed by atoms with E-state index in [4.69, 9.17) is 9.15 Å². The van der Waals surface area contributed by atoms with Gasteiger partial charge >= 0.3 is 6.09 Å². The van der Waals surface area contributed by atoms with Crippen molar-refractivity contribution in [2.75, 3.05) is 5.32 Å². The van der Waals surface area contributed by atoms with Gasteiger partial charge in [-0.3, -0.25) is 9.89 Å². The molecule has 0 radical (unpaired) electrons. The lowest BCUT2D eigenvalue weighted by Crippen LogP contribution is -2.51. The molecule has 0 spiro atoms. The van der Waals surface area contributed by atoms with Crippen LogP contribution in [0.5, 0.6) is 0 Å². The lowest BCUT2D eigenvalue weighted by Gasteiger charge is -2.38. The molecule has 2 heterocycles. The third-order valence-corrected chi connectivity index (χ3v) is 5.70. The Morgan fingerprint density at radius 1 is 1.34 bits per heavy atom. The maximum Gasteiger partial charge on any atom is 0.407 e. The summed E-state index contributed by atoms with van der Waals surface area (Å²) in [6.45, 7) is 3.72. The number of H-pyrrole nitrogens is 1. The highest BCUT2D eigenvalue weighted by molar-refractivity contribution is 5.90. The fraction of sp³-hybridized carbons (Fsp3) is 0.632. The Kier molecular flexibility index (Phi) is 5.25. The summed E-state index contributed by atoms with van der Waals surface area (Å²) in [5.41, 5.74) is 0.817. The van der Waals surface area contributed by atoms with Crippen LogP contribution in [0.25, 0.3) is 0 Å². The molecular formula is C19H26N6O4. The first-order valence-electron chi connectivity index (χ1n) is 10.0. The predicted octanol–water partition coefficient (Wildman–Crippen LogP) is 2.59. The molecule has 2 atom stereocenters. The second kappa shape index (κ2) is 7.84. The summed E-state index contributed by atoms with van der Waals surface area (Å²) in [6.07, 6.45) is 5.16. The standard InChI is InChI=1S/C19H26N6O4/c1-11-22-25-17(28-11)10-16(26)20-15-9-14(23-24-15)12-4-5-13(8-12)29-18(27)21-19(2)6-3-7-19/h9,12-13H,3-8,10H2,1-2H3,(H,21,27)(H2,20,23,24,26). The second-order valence-corrected chi connectivity index (χ2v) is 8.22. The minimum atomic E-state index is -0.327. The van der Waals surface area contributed by atoms with Gasteiger partial charge in [0.15, 0.2) is 5.82 Å². The van der Waals surface area contributed by atoms with E-state index in [-0.39, 0.29) is 41.9 Å². The maximum absolute atomic E-state index is 12.1. The summed E-state index contributed by atoms with van der Waals surface area (Å²) in [4.78, 5) is 24.2. The fourth-order valence-corrected chi connectivity index (χ4v) is 3.93. The van der Waals surface area contributed by atoms with Crippen LogP contribution in [0.2, 0.25) is 0 Å². The quantitative estimate of drug-likeness (QED) is 0.676. The second-order valence-electron chi connectivity index (χ2n) is 8.22. The maximum atomic E-state index is 12.1. The van der Waals surface area contributed by atoms with Gasteiger partial charge in [0.2, 0.25) is 17.7 Å². The van der Waals surface area contributed by atoms with E-state index in [1.165, 1.54) is 0 Å². The van der Waals surface area contributed by atoms with Gasteiger partial charge in [0.1, 0.15) is 12.5 Å². The molecule has 2 saturated carbocycles. The van der Waals surface area contributed by atoms with Crippen molar-refractivity contribution in [2.24, 2.45) is 0 Å². The van der Waals surface area contributed by atoms with E-state index in [0.29, 0.717) is 11.7 Å². The first-order chi connectivity index (χ1) is 13.9. The normalized spacial score (nSPS) is 22.7. The summed E-state index contributed by atoms with van der Waals surface area (Å²) in [5.74, 6) is 1.06. The SMILES string of the molecule is Cc1nnc(CC(=O)Nc2cc(C3CCC(OC(=O)NC4(C)CCC4)C3)[nH]n2)o1. The first kappa shape index (κ1) is 19.4. The minimum absolute atomic E-state index is 0.00356. The molecule has 2 amide bonds. The van der Waals surface area contributed by atoms with E-state index in [1.807, 2.05) is 6.07 Å². The van der Waals surface area contributed by atoms with Crippen molar-refractivity contribution in [1.82, 2.24) is 25.7 Å². The third-order valence-electron chi connectivity index (χ3n) is 5.70. The summed E-state index contributed by atoms with van der Waals surface area (Å²) in [7, 11) is 0. The lowest BCUT2D eigenvalue weighted by molar-refractivity contribution is -0.115. The van der Waals surface area contributed by atoms with Crippen molar-refractivity contribution in [2.45, 2.75) is 76.4 Å². The molecule has 2 aromatic rings. The molecule has 10 nitrogen and oxygen atoms in total. The molecule has 10 heteroatoms. The van der Waals surface area contributed by atoms with Crippen molar-refractivity contribution in [1.29, 1.82) is 0 Å². The number of nitrogens with zero attached hydrogens (tertiary/aromatic N) is 3. The topological polar surface area (TPSA) is 135 Å². The zero-order valence-corrected chi connectivity index (χ0v) is 16.7. The van der Waals surface area contributed by atoms with Crippen molar-refractivity contribution in [3.8, 4) is 0 Å². The van der Waals surface area contributed by atoms with Gasteiger partial charge in [-0.15, -0.1) is 10.2 Å². The van der Waals surface area contributed by atoms with Crippen LogP contribution in [0.4, 0.5) is 10.6 Å². The number of carbonyl (C=O) groups excluding carboxylic acids is 2. The Morgan fingerprint density at radius 2 is 2.17 bits per heavy atom. The van der Waals surface area contributed by atoms with Crippen molar-refractivity contribution in [3.05, 3.63) is 23.5 Å². The Labute approximate surface area is 168 Å². The summed E-state index contributed by atoms with van der Waals surface area (Å²) < 4.78 is 10.8. The number of nitrogens with one attached hydrogen (secondary N) is 3. The van der Waals surface area contributed by atoms with Gasteiger partial charge in [-0.05, 0) is 45.4 Å². The van der Waals surface area contributed by atoms with Crippen LogP contribution in [-0.4, -0.2) is 44.0 Å². The molecule has 3 N–H and O–H groups in total. The number of rotatable bonds is 6. The van der Waals surface area contributed by atoms with Gasteiger partial charge in [0, 0.05) is 30.1 Å². The predicted molar refractivity (Wildman–Crippen MR) is 102 cm³/mol. The number of aromatic nitrogens is 4. The molecule has 2 aliphatic carbocycles. The number of alkyl carbamates (subject to hydrolysis) is 1. The Balaban J connectivity index is 1.25. The van der Waals surface area contributed by atoms with E-state index < -0.39 is 0 Å². The zero-order valence-electron chi connectivity index (χ0n) is 16.7. The van der Waals surface area contributed by atoms with E-state index >= 15 is 0 Å². The molecule has 2 aliphatic rings. The average molecular weight is 402 g/mol. The molecule has 2 unspecified atom stereocenters. The number of carbonyl (C=O) groups is 2. The lowest BCUT2D eigenvalue weighted by atomic mass is 9.79. The first-order valence-corrected chi connectivity index (χ1v) is 10.0. The summed E-state index contributed by atoms with van der Waals surface area (Å²) in [6, 6.07) is 1.82. The molecule has 4 rings (SSSR count). The van der Waals surface area contributed by atoms with Gasteiger partial charge in [0.25, 0.3) is 0 Å². The molecule has 0 aliphatic heterocycles. The monoisotopic (exact) mass is 402 g/mol. The largest absolute Gasteiger partial charge is 0.446 e. The minimum Gasteiger partial charge on any atom is -0.446 e. The van der Waals surface area contributed by atoms with Crippen LogP contribution < -0.4 is 10.6 Å². The van der Waals surface area contributed by atoms with Crippen LogP contribution in [0.1, 0.15) is 68.8 Å². The van der Waals surface area contributed by atoms with E-state index in [1.54, 1.807) is 6.92 Å². The van der Waals surface area contributed by atoms with Gasteiger partial charge in [-0.1, -0.05) is 0 Å². The average Bonchev–Trinajstić information content (AvgIpc) is 3.35. The molecule has 0 aromatic carbocycles. The van der Waals surface area contributed by atoms with Crippen molar-refractivity contribution >= 4 is 17.8 Å². The molecular weight excluding hydrogens is 376 g/mol. The number of hydrogen-bond acceptors (Lipinski definition) is 7. The fourth-order valence-electron chi connectivity index (χ4n) is 3.93. The number of amides is 2. The number of anilines is 1. The van der Waals surface area contributed by atoms with E-state index in [9.17, 15) is 9.59 Å². The van der Waals surface area contributed by atoms with Gasteiger partial charge in [-0.2, -0.15) is 5.10 Å². The van der Waals surface area contributed by atoms with Crippen molar-refractivity contribution < 1.29 is 18.7 Å². The van der Waals surface area contributed by atoms with Gasteiger partial charge < -0.3 is 19.8 Å². The Bertz CT molecular complexity index is 887. The van der Waals surface area contributed by atoms with Crippen LogP contribution in [0, 0.1) is 6.92 Å². The highest BCUT2D eigenvalue weighted by Crippen LogP contribution is 2.36. The number of aryl methyl sites for hydroxylation is 1. The molecule has 0 bridgehead atoms. The van der Waals surface area contributed by atoms with Crippen LogP contribution in [0.15, 0.2) is 10.5 Å². The molecule has 29 heavy (non-hydrogen) atoms. The summed E-state index contributed by atoms with van der Waals surface area (Å²) >= 11 is 0. The highest BCUT2D eigenvalue weighted by Gasteiger charge is 2.35. The van der Waals surface area contributed by atoms with Gasteiger partial charge in [0.05, 0.1) is 0 Å². The Hall–Kier alpha value is -2.91. The molecule has 2 aromatic heterocycles. The number of hydrogen-bond donors (Lipinski definition) is 3.